The van der Waals surface area contributed by atoms with Crippen molar-refractivity contribution in [1.29, 1.82) is 0 Å². The molecular formula is C8H14O2. The van der Waals surface area contributed by atoms with E-state index < -0.39 is 0 Å². The first-order chi connectivity index (χ1) is 4.57. The quantitative estimate of drug-likeness (QED) is 0.549. The summed E-state index contributed by atoms with van der Waals surface area (Å²) in [5.41, 5.74) is -0.0775. The van der Waals surface area contributed by atoms with E-state index in [-0.39, 0.29) is 11.6 Å². The van der Waals surface area contributed by atoms with Gasteiger partial charge in [-0.25, -0.2) is 0 Å². The van der Waals surface area contributed by atoms with Crippen LogP contribution in [0.1, 0.15) is 33.6 Å². The van der Waals surface area contributed by atoms with Crippen molar-refractivity contribution in [2.45, 2.75) is 39.2 Å². The van der Waals surface area contributed by atoms with Gasteiger partial charge < -0.3 is 4.74 Å². The standard InChI is InChI=1S/C8H14O2/c1-6(2)8(4-5-8)10-7(3)9/h6H,4-5H2,1-3H3. The summed E-state index contributed by atoms with van der Waals surface area (Å²) in [4.78, 5) is 10.6. The van der Waals surface area contributed by atoms with Crippen molar-refractivity contribution < 1.29 is 9.53 Å². The van der Waals surface area contributed by atoms with Gasteiger partial charge in [0.05, 0.1) is 0 Å². The minimum Gasteiger partial charge on any atom is -0.459 e. The van der Waals surface area contributed by atoms with Crippen molar-refractivity contribution in [3.8, 4) is 0 Å². The van der Waals surface area contributed by atoms with Crippen molar-refractivity contribution in [3.63, 3.8) is 0 Å². The van der Waals surface area contributed by atoms with Crippen molar-refractivity contribution in [2.75, 3.05) is 0 Å². The smallest absolute Gasteiger partial charge is 0.303 e. The van der Waals surface area contributed by atoms with E-state index in [1.807, 2.05) is 0 Å². The second-order valence-electron chi connectivity index (χ2n) is 3.31. The normalized spacial score (nSPS) is 20.8. The lowest BCUT2D eigenvalue weighted by Crippen LogP contribution is -2.23. The fourth-order valence-corrected chi connectivity index (χ4v) is 1.21. The summed E-state index contributed by atoms with van der Waals surface area (Å²) in [6.07, 6.45) is 2.09. The molecule has 2 nitrogen and oxygen atoms in total. The Morgan fingerprint density at radius 2 is 2.00 bits per heavy atom. The molecule has 1 aliphatic carbocycles. The van der Waals surface area contributed by atoms with Crippen LogP contribution in [-0.2, 0) is 9.53 Å². The van der Waals surface area contributed by atoms with Crippen molar-refractivity contribution >= 4 is 5.97 Å². The molecule has 0 radical (unpaired) electrons. The van der Waals surface area contributed by atoms with Gasteiger partial charge in [-0.3, -0.25) is 4.79 Å². The number of ether oxygens (including phenoxy) is 1. The molecule has 10 heavy (non-hydrogen) atoms. The summed E-state index contributed by atoms with van der Waals surface area (Å²) in [5, 5.41) is 0. The molecule has 58 valence electrons. The second-order valence-corrected chi connectivity index (χ2v) is 3.31. The number of hydrogen-bond acceptors (Lipinski definition) is 2. The average Bonchev–Trinajstić information content (AvgIpc) is 2.46. The Kier molecular flexibility index (Phi) is 1.71. The van der Waals surface area contributed by atoms with E-state index in [1.54, 1.807) is 0 Å². The molecule has 0 aliphatic heterocycles. The Morgan fingerprint density at radius 1 is 1.50 bits per heavy atom. The maximum atomic E-state index is 10.6. The number of esters is 1. The fraction of sp³-hybridized carbons (Fsp3) is 0.875. The molecule has 1 fully saturated rings. The van der Waals surface area contributed by atoms with Crippen LogP contribution in [0.15, 0.2) is 0 Å². The van der Waals surface area contributed by atoms with Crippen LogP contribution < -0.4 is 0 Å². The van der Waals surface area contributed by atoms with Crippen LogP contribution >= 0.6 is 0 Å². The van der Waals surface area contributed by atoms with Gasteiger partial charge in [0, 0.05) is 6.92 Å². The Balaban J connectivity index is 2.45. The van der Waals surface area contributed by atoms with Crippen LogP contribution in [0, 0.1) is 5.92 Å². The monoisotopic (exact) mass is 142 g/mol. The zero-order valence-electron chi connectivity index (χ0n) is 6.81. The van der Waals surface area contributed by atoms with Gasteiger partial charge >= 0.3 is 5.97 Å². The molecule has 1 aliphatic rings. The third kappa shape index (κ3) is 1.31. The summed E-state index contributed by atoms with van der Waals surface area (Å²) < 4.78 is 5.17. The molecule has 0 spiro atoms. The maximum Gasteiger partial charge on any atom is 0.303 e. The Hall–Kier alpha value is -0.530. The van der Waals surface area contributed by atoms with Gasteiger partial charge in [-0.2, -0.15) is 0 Å². The van der Waals surface area contributed by atoms with Crippen LogP contribution in [0.2, 0.25) is 0 Å². The minimum atomic E-state index is -0.147. The van der Waals surface area contributed by atoms with Crippen LogP contribution in [0.5, 0.6) is 0 Å². The molecule has 0 unspecified atom stereocenters. The predicted molar refractivity (Wildman–Crippen MR) is 38.6 cm³/mol. The summed E-state index contributed by atoms with van der Waals surface area (Å²) >= 11 is 0. The molecule has 0 amide bonds. The highest BCUT2D eigenvalue weighted by molar-refractivity contribution is 5.67. The lowest BCUT2D eigenvalue weighted by molar-refractivity contribution is -0.151. The molecule has 0 heterocycles. The van der Waals surface area contributed by atoms with Gasteiger partial charge in [0.1, 0.15) is 5.60 Å². The van der Waals surface area contributed by atoms with Crippen LogP contribution in [0.25, 0.3) is 0 Å². The Labute approximate surface area is 61.6 Å². The topological polar surface area (TPSA) is 26.3 Å². The van der Waals surface area contributed by atoms with E-state index in [4.69, 9.17) is 4.74 Å². The van der Waals surface area contributed by atoms with Gasteiger partial charge in [-0.05, 0) is 18.8 Å². The summed E-state index contributed by atoms with van der Waals surface area (Å²) in [5.74, 6) is 0.322. The summed E-state index contributed by atoms with van der Waals surface area (Å²) in [7, 11) is 0. The number of rotatable bonds is 2. The van der Waals surface area contributed by atoms with E-state index >= 15 is 0 Å². The molecule has 1 rings (SSSR count). The summed E-state index contributed by atoms with van der Waals surface area (Å²) in [6.45, 7) is 5.66. The van der Waals surface area contributed by atoms with E-state index in [9.17, 15) is 4.79 Å². The third-order valence-electron chi connectivity index (χ3n) is 2.14. The van der Waals surface area contributed by atoms with E-state index in [1.165, 1.54) is 6.92 Å². The van der Waals surface area contributed by atoms with Crippen LogP contribution in [0.4, 0.5) is 0 Å². The van der Waals surface area contributed by atoms with Gasteiger partial charge in [-0.15, -0.1) is 0 Å². The molecular weight excluding hydrogens is 128 g/mol. The van der Waals surface area contributed by atoms with E-state index in [2.05, 4.69) is 13.8 Å². The minimum absolute atomic E-state index is 0.0775. The second kappa shape index (κ2) is 2.26. The summed E-state index contributed by atoms with van der Waals surface area (Å²) in [6, 6.07) is 0. The molecule has 0 N–H and O–H groups in total. The predicted octanol–water partition coefficient (Wildman–Crippen LogP) is 1.74. The van der Waals surface area contributed by atoms with Crippen LogP contribution in [-0.4, -0.2) is 11.6 Å². The number of carbonyl (C=O) groups is 1. The Bertz CT molecular complexity index is 145. The highest BCUT2D eigenvalue weighted by Gasteiger charge is 2.48. The number of carbonyl (C=O) groups excluding carboxylic acids is 1. The van der Waals surface area contributed by atoms with E-state index in [0.717, 1.165) is 12.8 Å². The third-order valence-corrected chi connectivity index (χ3v) is 2.14. The molecule has 0 atom stereocenters. The molecule has 0 bridgehead atoms. The van der Waals surface area contributed by atoms with Crippen molar-refractivity contribution in [3.05, 3.63) is 0 Å². The first kappa shape index (κ1) is 7.58. The SMILES string of the molecule is CC(=O)OC1(C(C)C)CC1. The molecule has 2 heteroatoms. The molecule has 1 saturated carbocycles. The lowest BCUT2D eigenvalue weighted by Gasteiger charge is -2.18. The lowest BCUT2D eigenvalue weighted by atomic mass is 10.1. The van der Waals surface area contributed by atoms with Gasteiger partial charge in [0.25, 0.3) is 0 Å². The molecule has 0 aromatic carbocycles. The van der Waals surface area contributed by atoms with Crippen molar-refractivity contribution in [2.24, 2.45) is 5.92 Å². The van der Waals surface area contributed by atoms with E-state index in [0.29, 0.717) is 5.92 Å². The van der Waals surface area contributed by atoms with Gasteiger partial charge in [-0.1, -0.05) is 13.8 Å². The number of hydrogen-bond donors (Lipinski definition) is 0. The average molecular weight is 142 g/mol. The first-order valence-corrected chi connectivity index (χ1v) is 3.76. The highest BCUT2D eigenvalue weighted by atomic mass is 16.6. The van der Waals surface area contributed by atoms with Crippen LogP contribution in [0.3, 0.4) is 0 Å². The van der Waals surface area contributed by atoms with Gasteiger partial charge in [0.15, 0.2) is 0 Å². The highest BCUT2D eigenvalue weighted by Crippen LogP contribution is 2.45. The maximum absolute atomic E-state index is 10.6. The molecule has 0 saturated heterocycles. The van der Waals surface area contributed by atoms with Crippen molar-refractivity contribution in [1.82, 2.24) is 0 Å². The zero-order valence-corrected chi connectivity index (χ0v) is 6.81. The molecule has 0 aromatic heterocycles. The first-order valence-electron chi connectivity index (χ1n) is 3.76. The largest absolute Gasteiger partial charge is 0.459 e. The fourth-order valence-electron chi connectivity index (χ4n) is 1.21. The molecule has 0 aromatic rings. The van der Waals surface area contributed by atoms with Gasteiger partial charge in [0.2, 0.25) is 0 Å². The zero-order chi connectivity index (χ0) is 7.78. The Morgan fingerprint density at radius 3 is 2.10 bits per heavy atom.